The summed E-state index contributed by atoms with van der Waals surface area (Å²) in [7, 11) is 3.18. The van der Waals surface area contributed by atoms with Crippen LogP contribution in [0.4, 0.5) is 10.5 Å². The largest absolute Gasteiger partial charge is 0.341 e. The first-order valence-corrected chi connectivity index (χ1v) is 8.67. The van der Waals surface area contributed by atoms with Gasteiger partial charge >= 0.3 is 6.03 Å². The molecule has 142 valence electrons. The van der Waals surface area contributed by atoms with Crippen LogP contribution in [0.15, 0.2) is 54.6 Å². The summed E-state index contributed by atoms with van der Waals surface area (Å²) in [5.41, 5.74) is 2.52. The smallest absolute Gasteiger partial charge is 0.321 e. The van der Waals surface area contributed by atoms with Crippen molar-refractivity contribution in [3.05, 3.63) is 65.7 Å². The van der Waals surface area contributed by atoms with Gasteiger partial charge in [-0.15, -0.1) is 0 Å². The molecule has 27 heavy (non-hydrogen) atoms. The number of imide groups is 1. The minimum absolute atomic E-state index is 0.0641. The highest BCUT2D eigenvalue weighted by Crippen LogP contribution is 2.10. The van der Waals surface area contributed by atoms with Gasteiger partial charge in [0.25, 0.3) is 11.8 Å². The maximum Gasteiger partial charge on any atom is 0.321 e. The van der Waals surface area contributed by atoms with E-state index in [1.54, 1.807) is 19.2 Å². The highest BCUT2D eigenvalue weighted by Gasteiger charge is 2.31. The van der Waals surface area contributed by atoms with Crippen LogP contribution in [0.25, 0.3) is 0 Å². The van der Waals surface area contributed by atoms with E-state index in [-0.39, 0.29) is 12.5 Å². The van der Waals surface area contributed by atoms with E-state index >= 15 is 0 Å². The van der Waals surface area contributed by atoms with Crippen molar-refractivity contribution in [1.29, 1.82) is 0 Å². The summed E-state index contributed by atoms with van der Waals surface area (Å²) in [6.45, 7) is 2.04. The number of quaternary nitrogens is 1. The summed E-state index contributed by atoms with van der Waals surface area (Å²) in [5, 5.41) is 7.48. The Morgan fingerprint density at radius 2 is 1.63 bits per heavy atom. The molecule has 0 bridgehead atoms. The summed E-state index contributed by atoms with van der Waals surface area (Å²) < 4.78 is 0. The molecule has 2 atom stereocenters. The lowest BCUT2D eigenvalue weighted by atomic mass is 10.0. The van der Waals surface area contributed by atoms with E-state index in [1.807, 2.05) is 49.4 Å². The Bertz CT molecular complexity index is 791. The number of nitrogens with one attached hydrogen (secondary N) is 4. The summed E-state index contributed by atoms with van der Waals surface area (Å²) in [5.74, 6) is -0.689. The summed E-state index contributed by atoms with van der Waals surface area (Å²) >= 11 is 0. The molecule has 0 aliphatic heterocycles. The van der Waals surface area contributed by atoms with Crippen LogP contribution in [0.2, 0.25) is 0 Å². The summed E-state index contributed by atoms with van der Waals surface area (Å²) in [6.07, 6.45) is 0. The molecule has 7 heteroatoms. The average Bonchev–Trinajstić information content (AvgIpc) is 2.64. The van der Waals surface area contributed by atoms with Crippen LogP contribution in [0, 0.1) is 6.92 Å². The van der Waals surface area contributed by atoms with Crippen molar-refractivity contribution in [3.8, 4) is 0 Å². The Balaban J connectivity index is 2.11. The predicted octanol–water partition coefficient (Wildman–Crippen LogP) is 0.645. The van der Waals surface area contributed by atoms with Crippen molar-refractivity contribution >= 4 is 23.5 Å². The normalized spacial score (nSPS) is 12.6. The van der Waals surface area contributed by atoms with Gasteiger partial charge in [0.1, 0.15) is 0 Å². The maximum atomic E-state index is 12.6. The highest BCUT2D eigenvalue weighted by atomic mass is 16.2. The second kappa shape index (κ2) is 9.49. The van der Waals surface area contributed by atoms with E-state index in [0.29, 0.717) is 10.6 Å². The standard InChI is InChI=1S/C20H24N4O3/c1-14-9-11-16(12-10-14)22-17(25)13-24(3)18(15-7-5-4-6-8-15)19(26)23-20(27)21-2/h4-12,18H,13H2,1-3H3,(H,22,25)(H2,21,23,26,27)/p+1/t18-/m1/s1. The Morgan fingerprint density at radius 3 is 2.22 bits per heavy atom. The number of urea groups is 1. The van der Waals surface area contributed by atoms with Crippen molar-refractivity contribution in [3.63, 3.8) is 0 Å². The Morgan fingerprint density at radius 1 is 1.00 bits per heavy atom. The van der Waals surface area contributed by atoms with E-state index in [1.165, 1.54) is 7.05 Å². The van der Waals surface area contributed by atoms with Gasteiger partial charge in [-0.25, -0.2) is 4.79 Å². The fourth-order valence-electron chi connectivity index (χ4n) is 2.75. The first-order chi connectivity index (χ1) is 12.9. The average molecular weight is 369 g/mol. The number of benzene rings is 2. The van der Waals surface area contributed by atoms with Crippen LogP contribution in [0.3, 0.4) is 0 Å². The molecule has 2 aromatic carbocycles. The van der Waals surface area contributed by atoms with Gasteiger partial charge in [-0.2, -0.15) is 0 Å². The van der Waals surface area contributed by atoms with E-state index in [0.717, 1.165) is 11.1 Å². The van der Waals surface area contributed by atoms with Crippen LogP contribution in [-0.4, -0.2) is 38.5 Å². The van der Waals surface area contributed by atoms with Gasteiger partial charge < -0.3 is 15.5 Å². The quantitative estimate of drug-likeness (QED) is 0.602. The molecular formula is C20H25N4O3+. The lowest BCUT2D eigenvalue weighted by molar-refractivity contribution is -0.894. The molecule has 4 N–H and O–H groups in total. The molecule has 7 nitrogen and oxygen atoms in total. The monoisotopic (exact) mass is 369 g/mol. The number of rotatable bonds is 6. The van der Waals surface area contributed by atoms with E-state index in [2.05, 4.69) is 16.0 Å². The number of carbonyl (C=O) groups is 3. The van der Waals surface area contributed by atoms with Gasteiger partial charge in [-0.1, -0.05) is 48.0 Å². The number of likely N-dealkylation sites (N-methyl/N-ethyl adjacent to an activating group) is 1. The molecule has 0 heterocycles. The minimum atomic E-state index is -0.702. The summed E-state index contributed by atoms with van der Waals surface area (Å²) in [6, 6.07) is 15.3. The molecule has 0 radical (unpaired) electrons. The van der Waals surface area contributed by atoms with Gasteiger partial charge in [0.2, 0.25) is 0 Å². The molecule has 0 aliphatic carbocycles. The van der Waals surface area contributed by atoms with Crippen LogP contribution in [-0.2, 0) is 9.59 Å². The zero-order valence-electron chi connectivity index (χ0n) is 15.7. The molecule has 0 saturated carbocycles. The molecule has 1 unspecified atom stereocenters. The molecule has 4 amide bonds. The van der Waals surface area contributed by atoms with Crippen LogP contribution in [0.5, 0.6) is 0 Å². The Labute approximate surface area is 158 Å². The van der Waals surface area contributed by atoms with Gasteiger partial charge in [0, 0.05) is 18.3 Å². The minimum Gasteiger partial charge on any atom is -0.341 e. The third-order valence-corrected chi connectivity index (χ3v) is 4.13. The molecule has 0 spiro atoms. The zero-order valence-corrected chi connectivity index (χ0v) is 15.7. The van der Waals surface area contributed by atoms with Crippen molar-refractivity contribution in [2.75, 3.05) is 26.0 Å². The zero-order chi connectivity index (χ0) is 19.8. The topological polar surface area (TPSA) is 91.7 Å². The van der Waals surface area contributed by atoms with Crippen LogP contribution in [0.1, 0.15) is 17.2 Å². The number of amides is 4. The van der Waals surface area contributed by atoms with E-state index < -0.39 is 18.0 Å². The molecule has 0 saturated heterocycles. The number of hydrogen-bond acceptors (Lipinski definition) is 3. The van der Waals surface area contributed by atoms with Gasteiger partial charge in [-0.05, 0) is 19.1 Å². The van der Waals surface area contributed by atoms with Crippen LogP contribution >= 0.6 is 0 Å². The number of aryl methyl sites for hydroxylation is 1. The Hall–Kier alpha value is -3.19. The molecule has 0 fully saturated rings. The van der Waals surface area contributed by atoms with Gasteiger partial charge in [0.15, 0.2) is 12.6 Å². The van der Waals surface area contributed by atoms with Crippen molar-refractivity contribution < 1.29 is 19.3 Å². The SMILES string of the molecule is CNC(=O)NC(=O)[C@@H](c1ccccc1)[NH+](C)CC(=O)Nc1ccc(C)cc1. The predicted molar refractivity (Wildman–Crippen MR) is 103 cm³/mol. The molecule has 0 aliphatic rings. The molecule has 2 rings (SSSR count). The summed E-state index contributed by atoms with van der Waals surface area (Å²) in [4.78, 5) is 37.2. The fraction of sp³-hybridized carbons (Fsp3) is 0.250. The van der Waals surface area contributed by atoms with Crippen LogP contribution < -0.4 is 20.9 Å². The second-order valence-corrected chi connectivity index (χ2v) is 6.35. The van der Waals surface area contributed by atoms with E-state index in [4.69, 9.17) is 0 Å². The fourth-order valence-corrected chi connectivity index (χ4v) is 2.75. The third-order valence-electron chi connectivity index (χ3n) is 4.13. The number of hydrogen-bond donors (Lipinski definition) is 4. The number of anilines is 1. The van der Waals surface area contributed by atoms with Crippen molar-refractivity contribution in [1.82, 2.24) is 10.6 Å². The Kier molecular flexibility index (Phi) is 7.08. The van der Waals surface area contributed by atoms with E-state index in [9.17, 15) is 14.4 Å². The third kappa shape index (κ3) is 5.93. The lowest BCUT2D eigenvalue weighted by Crippen LogP contribution is -3.11. The first kappa shape index (κ1) is 20.1. The molecule has 0 aromatic heterocycles. The van der Waals surface area contributed by atoms with Gasteiger partial charge in [-0.3, -0.25) is 14.9 Å². The highest BCUT2D eigenvalue weighted by molar-refractivity contribution is 5.97. The van der Waals surface area contributed by atoms with Crippen molar-refractivity contribution in [2.45, 2.75) is 13.0 Å². The first-order valence-electron chi connectivity index (χ1n) is 8.67. The second-order valence-electron chi connectivity index (χ2n) is 6.35. The lowest BCUT2D eigenvalue weighted by Gasteiger charge is -2.24. The number of carbonyl (C=O) groups excluding carboxylic acids is 3. The van der Waals surface area contributed by atoms with Gasteiger partial charge in [0.05, 0.1) is 7.05 Å². The molecule has 2 aromatic rings. The molecular weight excluding hydrogens is 344 g/mol. The maximum absolute atomic E-state index is 12.6. The van der Waals surface area contributed by atoms with Crippen molar-refractivity contribution in [2.24, 2.45) is 0 Å².